The maximum absolute atomic E-state index is 13.3. The third kappa shape index (κ3) is 5.76. The third-order valence-electron chi connectivity index (χ3n) is 4.95. The van der Waals surface area contributed by atoms with Crippen molar-refractivity contribution in [3.05, 3.63) is 96.7 Å². The van der Waals surface area contributed by atoms with Gasteiger partial charge in [-0.1, -0.05) is 60.7 Å². The van der Waals surface area contributed by atoms with E-state index in [1.807, 2.05) is 41.1 Å². The van der Waals surface area contributed by atoms with E-state index in [1.54, 1.807) is 28.9 Å². The summed E-state index contributed by atoms with van der Waals surface area (Å²) in [5.74, 6) is -0.726. The summed E-state index contributed by atoms with van der Waals surface area (Å²) in [7, 11) is -8.11. The maximum Gasteiger partial charge on any atom is 0.265 e. The van der Waals surface area contributed by atoms with Gasteiger partial charge < -0.3 is 0 Å². The molecule has 180 valence electrons. The topological polar surface area (TPSA) is 127 Å². The number of sulfonamides is 2. The molecule has 0 bridgehead atoms. The minimum atomic E-state index is -4.08. The number of amides is 1. The molecule has 35 heavy (non-hydrogen) atoms. The lowest BCUT2D eigenvalue weighted by Gasteiger charge is -2.09. The van der Waals surface area contributed by atoms with Gasteiger partial charge in [-0.05, 0) is 29.8 Å². The summed E-state index contributed by atoms with van der Waals surface area (Å²) in [4.78, 5) is 10.9. The van der Waals surface area contributed by atoms with Crippen LogP contribution >= 0.6 is 0 Å². The van der Waals surface area contributed by atoms with Crippen LogP contribution < -0.4 is 9.44 Å². The van der Waals surface area contributed by atoms with Gasteiger partial charge in [-0.2, -0.15) is 5.10 Å². The number of carbonyl (C=O) groups is 1. The Morgan fingerprint density at radius 2 is 1.43 bits per heavy atom. The van der Waals surface area contributed by atoms with E-state index in [2.05, 4.69) is 9.82 Å². The van der Waals surface area contributed by atoms with Gasteiger partial charge in [-0.25, -0.2) is 21.6 Å². The van der Waals surface area contributed by atoms with Gasteiger partial charge in [0.15, 0.2) is 0 Å². The van der Waals surface area contributed by atoms with Gasteiger partial charge in [0.25, 0.3) is 20.0 Å². The fraction of sp³-hybridized carbons (Fsp3) is 0.0833. The quantitative estimate of drug-likeness (QED) is 0.375. The fourth-order valence-corrected chi connectivity index (χ4v) is 5.63. The molecule has 4 rings (SSSR count). The second-order valence-electron chi connectivity index (χ2n) is 7.68. The van der Waals surface area contributed by atoms with E-state index in [4.69, 9.17) is 0 Å². The van der Waals surface area contributed by atoms with Crippen molar-refractivity contribution < 1.29 is 21.6 Å². The minimum Gasteiger partial charge on any atom is -0.280 e. The Morgan fingerprint density at radius 1 is 0.829 bits per heavy atom. The van der Waals surface area contributed by atoms with E-state index < -0.39 is 26.0 Å². The Bertz CT molecular complexity index is 1550. The average Bonchev–Trinajstić information content (AvgIpc) is 3.24. The van der Waals surface area contributed by atoms with Crippen LogP contribution in [0.3, 0.4) is 0 Å². The summed E-state index contributed by atoms with van der Waals surface area (Å²) in [6.07, 6.45) is 1.47. The summed E-state index contributed by atoms with van der Waals surface area (Å²) in [6, 6.07) is 23.5. The molecule has 4 aromatic rings. The SMILES string of the molecule is CC(=O)NS(=O)(=O)c1ccc(NS(=O)(=O)c2cn(Cc3ccccc3)nc2-c2ccccc2)cc1. The van der Waals surface area contributed by atoms with Gasteiger partial charge in [-0.15, -0.1) is 0 Å². The van der Waals surface area contributed by atoms with Crippen LogP contribution in [0.4, 0.5) is 5.69 Å². The molecule has 0 radical (unpaired) electrons. The zero-order valence-corrected chi connectivity index (χ0v) is 20.3. The van der Waals surface area contributed by atoms with Crippen molar-refractivity contribution in [2.75, 3.05) is 4.72 Å². The molecule has 0 aliphatic carbocycles. The second-order valence-corrected chi connectivity index (χ2v) is 11.0. The van der Waals surface area contributed by atoms with Crippen LogP contribution in [-0.2, 0) is 31.4 Å². The van der Waals surface area contributed by atoms with Gasteiger partial charge in [0.1, 0.15) is 10.6 Å². The number of nitrogens with zero attached hydrogens (tertiary/aromatic N) is 2. The van der Waals surface area contributed by atoms with Crippen LogP contribution in [0, 0.1) is 0 Å². The summed E-state index contributed by atoms with van der Waals surface area (Å²) in [5.41, 5.74) is 2.04. The Hall–Kier alpha value is -3.96. The highest BCUT2D eigenvalue weighted by Crippen LogP contribution is 2.28. The number of carbonyl (C=O) groups excluding carboxylic acids is 1. The first kappa shape index (κ1) is 24.2. The van der Waals surface area contributed by atoms with E-state index in [0.717, 1.165) is 12.5 Å². The zero-order valence-electron chi connectivity index (χ0n) is 18.6. The predicted molar refractivity (Wildman–Crippen MR) is 131 cm³/mol. The molecule has 1 amide bonds. The minimum absolute atomic E-state index is 0.0189. The molecule has 11 heteroatoms. The van der Waals surface area contributed by atoms with Gasteiger partial charge in [0.05, 0.1) is 11.4 Å². The molecule has 2 N–H and O–H groups in total. The molecule has 3 aromatic carbocycles. The van der Waals surface area contributed by atoms with Crippen molar-refractivity contribution >= 4 is 31.6 Å². The van der Waals surface area contributed by atoms with E-state index in [9.17, 15) is 21.6 Å². The smallest absolute Gasteiger partial charge is 0.265 e. The molecule has 0 aliphatic rings. The summed E-state index contributed by atoms with van der Waals surface area (Å²) in [6.45, 7) is 1.47. The summed E-state index contributed by atoms with van der Waals surface area (Å²) < 4.78 is 56.9. The zero-order chi connectivity index (χ0) is 25.1. The molecule has 0 spiro atoms. The monoisotopic (exact) mass is 510 g/mol. The van der Waals surface area contributed by atoms with Gasteiger partial charge >= 0.3 is 0 Å². The van der Waals surface area contributed by atoms with E-state index in [1.165, 1.54) is 30.5 Å². The first-order valence-electron chi connectivity index (χ1n) is 10.5. The number of hydrogen-bond acceptors (Lipinski definition) is 6. The summed E-state index contributed by atoms with van der Waals surface area (Å²) in [5, 5.41) is 4.54. The molecule has 1 aromatic heterocycles. The van der Waals surface area contributed by atoms with Crippen molar-refractivity contribution in [1.82, 2.24) is 14.5 Å². The maximum atomic E-state index is 13.3. The van der Waals surface area contributed by atoms with E-state index in [-0.39, 0.29) is 15.5 Å². The van der Waals surface area contributed by atoms with Crippen molar-refractivity contribution in [3.8, 4) is 11.3 Å². The number of nitrogens with one attached hydrogen (secondary N) is 2. The van der Waals surface area contributed by atoms with Crippen molar-refractivity contribution in [1.29, 1.82) is 0 Å². The van der Waals surface area contributed by atoms with Crippen LogP contribution in [-0.4, -0.2) is 32.5 Å². The molecular formula is C24H22N4O5S2. The summed E-state index contributed by atoms with van der Waals surface area (Å²) >= 11 is 0. The lowest BCUT2D eigenvalue weighted by molar-refractivity contribution is -0.117. The number of hydrogen-bond donors (Lipinski definition) is 2. The largest absolute Gasteiger partial charge is 0.280 e. The molecule has 0 saturated heterocycles. The molecule has 0 saturated carbocycles. The number of anilines is 1. The molecule has 1 heterocycles. The molecule has 0 atom stereocenters. The van der Waals surface area contributed by atoms with Gasteiger partial charge in [0.2, 0.25) is 5.91 Å². The molecule has 9 nitrogen and oxygen atoms in total. The highest BCUT2D eigenvalue weighted by molar-refractivity contribution is 7.93. The normalized spacial score (nSPS) is 11.7. The van der Waals surface area contributed by atoms with Crippen LogP contribution in [0.15, 0.2) is 101 Å². The molecule has 0 fully saturated rings. The van der Waals surface area contributed by atoms with Gasteiger partial charge in [-0.3, -0.25) is 14.2 Å². The van der Waals surface area contributed by atoms with Crippen LogP contribution in [0.1, 0.15) is 12.5 Å². The van der Waals surface area contributed by atoms with E-state index in [0.29, 0.717) is 17.8 Å². The lowest BCUT2D eigenvalue weighted by atomic mass is 10.2. The van der Waals surface area contributed by atoms with Gasteiger partial charge in [0, 0.05) is 24.4 Å². The Balaban J connectivity index is 1.66. The fourth-order valence-electron chi connectivity index (χ4n) is 3.41. The first-order chi connectivity index (χ1) is 16.6. The highest BCUT2D eigenvalue weighted by Gasteiger charge is 2.24. The second kappa shape index (κ2) is 9.72. The van der Waals surface area contributed by atoms with Crippen molar-refractivity contribution in [3.63, 3.8) is 0 Å². The molecule has 0 unspecified atom stereocenters. The Labute approximate surface area is 203 Å². The Kier molecular flexibility index (Phi) is 6.72. The standard InChI is InChI=1S/C24H22N4O5S2/c1-18(29)26-34(30,31)22-14-12-21(13-15-22)27-35(32,33)23-17-28(16-19-8-4-2-5-9-19)25-24(23)20-10-6-3-7-11-20/h2-15,17,27H,16H2,1H3,(H,26,29). The lowest BCUT2D eigenvalue weighted by Crippen LogP contribution is -2.28. The molecule has 0 aliphatic heterocycles. The molecular weight excluding hydrogens is 488 g/mol. The highest BCUT2D eigenvalue weighted by atomic mass is 32.2. The number of aromatic nitrogens is 2. The van der Waals surface area contributed by atoms with Crippen molar-refractivity contribution in [2.45, 2.75) is 23.3 Å². The first-order valence-corrected chi connectivity index (χ1v) is 13.4. The van der Waals surface area contributed by atoms with Crippen LogP contribution in [0.2, 0.25) is 0 Å². The van der Waals surface area contributed by atoms with Crippen LogP contribution in [0.25, 0.3) is 11.3 Å². The number of benzene rings is 3. The Morgan fingerprint density at radius 3 is 2.03 bits per heavy atom. The van der Waals surface area contributed by atoms with Crippen LogP contribution in [0.5, 0.6) is 0 Å². The predicted octanol–water partition coefficient (Wildman–Crippen LogP) is 3.22. The third-order valence-corrected chi connectivity index (χ3v) is 7.78. The number of rotatable bonds is 8. The van der Waals surface area contributed by atoms with E-state index >= 15 is 0 Å². The average molecular weight is 511 g/mol. The van der Waals surface area contributed by atoms with Crippen molar-refractivity contribution in [2.24, 2.45) is 0 Å².